The molecule has 2 unspecified atom stereocenters. The predicted octanol–water partition coefficient (Wildman–Crippen LogP) is 2.16. The van der Waals surface area contributed by atoms with Crippen LogP contribution in [0.1, 0.15) is 12.5 Å². The molecule has 1 rings (SSSR count). The molecular formula is C14H22ClNO2. The monoisotopic (exact) mass is 271 g/mol. The molecule has 1 aromatic rings. The van der Waals surface area contributed by atoms with Crippen LogP contribution in [0.25, 0.3) is 0 Å². The molecule has 0 bridgehead atoms. The van der Waals surface area contributed by atoms with E-state index in [1.807, 2.05) is 25.2 Å². The molecule has 0 amide bonds. The Hall–Kier alpha value is -0.770. The molecule has 0 aromatic heterocycles. The first kappa shape index (κ1) is 15.3. The zero-order valence-corrected chi connectivity index (χ0v) is 12.0. The van der Waals surface area contributed by atoms with Crippen LogP contribution in [0.2, 0.25) is 0 Å². The minimum Gasteiger partial charge on any atom is -0.496 e. The van der Waals surface area contributed by atoms with Crippen LogP contribution in [0.15, 0.2) is 24.3 Å². The van der Waals surface area contributed by atoms with Gasteiger partial charge in [0.15, 0.2) is 0 Å². The Balaban J connectivity index is 2.60. The lowest BCUT2D eigenvalue weighted by Gasteiger charge is -2.26. The second-order valence-electron chi connectivity index (χ2n) is 4.61. The number of alkyl halides is 1. The highest BCUT2D eigenvalue weighted by Gasteiger charge is 2.15. The first-order valence-corrected chi connectivity index (χ1v) is 6.68. The third-order valence-electron chi connectivity index (χ3n) is 3.14. The van der Waals surface area contributed by atoms with Gasteiger partial charge in [-0.25, -0.2) is 0 Å². The maximum atomic E-state index is 9.55. The molecule has 0 spiro atoms. The number of hydrogen-bond donors (Lipinski definition) is 1. The molecule has 3 nitrogen and oxygen atoms in total. The number of benzene rings is 1. The molecule has 1 aromatic carbocycles. The highest BCUT2D eigenvalue weighted by molar-refractivity contribution is 6.18. The van der Waals surface area contributed by atoms with Gasteiger partial charge in [0.05, 0.1) is 13.2 Å². The number of nitrogens with zero attached hydrogens (tertiary/aromatic N) is 1. The summed E-state index contributed by atoms with van der Waals surface area (Å²) in [6.45, 7) is 2.72. The molecule has 0 saturated carbocycles. The second kappa shape index (κ2) is 7.62. The summed E-state index contributed by atoms with van der Waals surface area (Å²) in [5.41, 5.74) is 1.18. The van der Waals surface area contributed by atoms with Crippen molar-refractivity contribution in [2.45, 2.75) is 25.5 Å². The molecule has 4 heteroatoms. The van der Waals surface area contributed by atoms with Gasteiger partial charge in [0.2, 0.25) is 0 Å². The minimum absolute atomic E-state index is 0.270. The summed E-state index contributed by atoms with van der Waals surface area (Å²) in [7, 11) is 3.68. The van der Waals surface area contributed by atoms with Gasteiger partial charge in [-0.15, -0.1) is 11.6 Å². The number of halogens is 1. The number of para-hydroxylation sites is 1. The lowest BCUT2D eigenvalue weighted by Crippen LogP contribution is -2.37. The zero-order chi connectivity index (χ0) is 13.5. The molecule has 0 radical (unpaired) electrons. The van der Waals surface area contributed by atoms with E-state index in [-0.39, 0.29) is 5.88 Å². The van der Waals surface area contributed by atoms with Crippen LogP contribution in [0, 0.1) is 0 Å². The van der Waals surface area contributed by atoms with Gasteiger partial charge in [-0.2, -0.15) is 0 Å². The van der Waals surface area contributed by atoms with Gasteiger partial charge in [-0.1, -0.05) is 18.2 Å². The highest BCUT2D eigenvalue weighted by Crippen LogP contribution is 2.20. The van der Waals surface area contributed by atoms with Gasteiger partial charge >= 0.3 is 0 Å². The molecule has 2 atom stereocenters. The third kappa shape index (κ3) is 4.48. The molecule has 0 heterocycles. The van der Waals surface area contributed by atoms with E-state index in [4.69, 9.17) is 16.3 Å². The van der Waals surface area contributed by atoms with Gasteiger partial charge < -0.3 is 14.7 Å². The minimum atomic E-state index is -0.475. The number of rotatable bonds is 7. The summed E-state index contributed by atoms with van der Waals surface area (Å²) in [5, 5.41) is 9.55. The van der Waals surface area contributed by atoms with E-state index in [1.54, 1.807) is 7.11 Å². The Bertz CT molecular complexity index is 359. The van der Waals surface area contributed by atoms with Crippen LogP contribution in [0.5, 0.6) is 5.75 Å². The van der Waals surface area contributed by atoms with Crippen LogP contribution in [-0.4, -0.2) is 48.7 Å². The fourth-order valence-corrected chi connectivity index (χ4v) is 2.00. The van der Waals surface area contributed by atoms with Gasteiger partial charge in [0.1, 0.15) is 5.75 Å². The van der Waals surface area contributed by atoms with E-state index in [0.717, 1.165) is 12.2 Å². The molecular weight excluding hydrogens is 250 g/mol. The molecule has 0 aliphatic carbocycles. The maximum Gasteiger partial charge on any atom is 0.122 e. The number of aliphatic hydroxyl groups is 1. The van der Waals surface area contributed by atoms with E-state index in [1.165, 1.54) is 5.56 Å². The molecule has 0 aliphatic rings. The Morgan fingerprint density at radius 3 is 2.67 bits per heavy atom. The Morgan fingerprint density at radius 2 is 2.06 bits per heavy atom. The average Bonchev–Trinajstić information content (AvgIpc) is 2.39. The molecule has 0 fully saturated rings. The van der Waals surface area contributed by atoms with Crippen molar-refractivity contribution >= 4 is 11.6 Å². The molecule has 102 valence electrons. The number of methoxy groups -OCH3 is 1. The van der Waals surface area contributed by atoms with E-state index in [9.17, 15) is 5.11 Å². The average molecular weight is 272 g/mol. The predicted molar refractivity (Wildman–Crippen MR) is 75.5 cm³/mol. The van der Waals surface area contributed by atoms with Gasteiger partial charge in [-0.3, -0.25) is 0 Å². The number of aliphatic hydroxyl groups excluding tert-OH is 1. The van der Waals surface area contributed by atoms with Gasteiger partial charge in [-0.05, 0) is 32.0 Å². The quantitative estimate of drug-likeness (QED) is 0.772. The number of ether oxygens (including phenoxy) is 1. The van der Waals surface area contributed by atoms with Crippen LogP contribution in [-0.2, 0) is 6.42 Å². The second-order valence-corrected chi connectivity index (χ2v) is 4.92. The van der Waals surface area contributed by atoms with Crippen molar-refractivity contribution in [2.24, 2.45) is 0 Å². The van der Waals surface area contributed by atoms with E-state index in [0.29, 0.717) is 12.6 Å². The van der Waals surface area contributed by atoms with Crippen molar-refractivity contribution < 1.29 is 9.84 Å². The highest BCUT2D eigenvalue weighted by atomic mass is 35.5. The summed E-state index contributed by atoms with van der Waals surface area (Å²) in [4.78, 5) is 2.11. The SMILES string of the molecule is COc1ccccc1CC(C)N(C)CC(O)CCl. The smallest absolute Gasteiger partial charge is 0.122 e. The van der Waals surface area contributed by atoms with Crippen molar-refractivity contribution in [3.05, 3.63) is 29.8 Å². The number of likely N-dealkylation sites (N-methyl/N-ethyl adjacent to an activating group) is 1. The summed E-state index contributed by atoms with van der Waals surface area (Å²) in [6, 6.07) is 8.34. The molecule has 1 N–H and O–H groups in total. The van der Waals surface area contributed by atoms with Crippen LogP contribution in [0.3, 0.4) is 0 Å². The molecule has 18 heavy (non-hydrogen) atoms. The fraction of sp³-hybridized carbons (Fsp3) is 0.571. The van der Waals surface area contributed by atoms with Crippen LogP contribution < -0.4 is 4.74 Å². The summed E-state index contributed by atoms with van der Waals surface area (Å²) in [5.74, 6) is 1.18. The van der Waals surface area contributed by atoms with Gasteiger partial charge in [0.25, 0.3) is 0 Å². The van der Waals surface area contributed by atoms with E-state index < -0.39 is 6.10 Å². The van der Waals surface area contributed by atoms with Crippen molar-refractivity contribution in [2.75, 3.05) is 26.6 Å². The molecule has 0 aliphatic heterocycles. The maximum absolute atomic E-state index is 9.55. The first-order valence-electron chi connectivity index (χ1n) is 6.14. The van der Waals surface area contributed by atoms with Crippen molar-refractivity contribution in [3.63, 3.8) is 0 Å². The van der Waals surface area contributed by atoms with Crippen LogP contribution >= 0.6 is 11.6 Å². The Labute approximate surface area is 114 Å². The van der Waals surface area contributed by atoms with Crippen molar-refractivity contribution in [1.82, 2.24) is 4.90 Å². The number of hydrogen-bond acceptors (Lipinski definition) is 3. The summed E-state index contributed by atoms with van der Waals surface area (Å²) in [6.07, 6.45) is 0.409. The van der Waals surface area contributed by atoms with E-state index in [2.05, 4.69) is 17.9 Å². The summed E-state index contributed by atoms with van der Waals surface area (Å²) >= 11 is 5.61. The van der Waals surface area contributed by atoms with Crippen LogP contribution in [0.4, 0.5) is 0 Å². The largest absolute Gasteiger partial charge is 0.496 e. The topological polar surface area (TPSA) is 32.7 Å². The zero-order valence-electron chi connectivity index (χ0n) is 11.3. The first-order chi connectivity index (χ1) is 8.58. The lowest BCUT2D eigenvalue weighted by atomic mass is 10.0. The Morgan fingerprint density at radius 1 is 1.39 bits per heavy atom. The van der Waals surface area contributed by atoms with E-state index >= 15 is 0 Å². The van der Waals surface area contributed by atoms with Gasteiger partial charge in [0, 0.05) is 18.5 Å². The molecule has 0 saturated heterocycles. The standard InChI is InChI=1S/C14H22ClNO2/c1-11(16(2)10-13(17)9-15)8-12-6-4-5-7-14(12)18-3/h4-7,11,13,17H,8-10H2,1-3H3. The van der Waals surface area contributed by atoms with Crippen molar-refractivity contribution in [3.8, 4) is 5.75 Å². The third-order valence-corrected chi connectivity index (χ3v) is 3.49. The normalized spacial score (nSPS) is 14.6. The summed E-state index contributed by atoms with van der Waals surface area (Å²) < 4.78 is 5.34. The lowest BCUT2D eigenvalue weighted by molar-refractivity contribution is 0.123. The fourth-order valence-electron chi connectivity index (χ4n) is 1.91. The van der Waals surface area contributed by atoms with Crippen molar-refractivity contribution in [1.29, 1.82) is 0 Å². The Kier molecular flexibility index (Phi) is 6.47.